The van der Waals surface area contributed by atoms with Gasteiger partial charge in [0.05, 0.1) is 11.6 Å². The van der Waals surface area contributed by atoms with Crippen LogP contribution in [0.1, 0.15) is 50.2 Å². The Balaban J connectivity index is 1.90. The Morgan fingerprint density at radius 3 is 2.89 bits per heavy atom. The summed E-state index contributed by atoms with van der Waals surface area (Å²) in [6, 6.07) is 8.24. The van der Waals surface area contributed by atoms with Crippen LogP contribution in [0.2, 0.25) is 5.02 Å². The van der Waals surface area contributed by atoms with Crippen LogP contribution in [0.25, 0.3) is 0 Å². The Labute approximate surface area is 120 Å². The predicted molar refractivity (Wildman–Crippen MR) is 79.0 cm³/mol. The van der Waals surface area contributed by atoms with E-state index in [1.54, 1.807) is 6.07 Å². The van der Waals surface area contributed by atoms with Crippen LogP contribution in [0.5, 0.6) is 0 Å². The van der Waals surface area contributed by atoms with E-state index in [-0.39, 0.29) is 0 Å². The van der Waals surface area contributed by atoms with Crippen LogP contribution in [0.4, 0.5) is 0 Å². The first-order valence-electron chi connectivity index (χ1n) is 7.11. The highest BCUT2D eigenvalue weighted by atomic mass is 35.5. The van der Waals surface area contributed by atoms with Gasteiger partial charge in [-0.05, 0) is 42.9 Å². The molecule has 1 aliphatic carbocycles. The Morgan fingerprint density at radius 1 is 1.32 bits per heavy atom. The van der Waals surface area contributed by atoms with E-state index in [0.29, 0.717) is 16.6 Å². The number of rotatable bonds is 3. The van der Waals surface area contributed by atoms with Gasteiger partial charge in [-0.25, -0.2) is 0 Å². The van der Waals surface area contributed by atoms with Crippen molar-refractivity contribution in [3.05, 3.63) is 34.3 Å². The molecule has 1 fully saturated rings. The lowest BCUT2D eigenvalue weighted by atomic mass is 10.0. The number of nitriles is 1. The first kappa shape index (κ1) is 14.4. The van der Waals surface area contributed by atoms with E-state index in [2.05, 4.69) is 18.3 Å². The van der Waals surface area contributed by atoms with Crippen LogP contribution in [0, 0.1) is 17.2 Å². The van der Waals surface area contributed by atoms with E-state index >= 15 is 0 Å². The summed E-state index contributed by atoms with van der Waals surface area (Å²) < 4.78 is 0. The summed E-state index contributed by atoms with van der Waals surface area (Å²) in [5.74, 6) is 0.866. The number of halogens is 1. The SMILES string of the molecule is CC1CCCC(NCc2ccc(C#N)cc2Cl)CC1. The van der Waals surface area contributed by atoms with Gasteiger partial charge in [0.15, 0.2) is 0 Å². The second kappa shape index (κ2) is 6.93. The lowest BCUT2D eigenvalue weighted by Gasteiger charge is -2.17. The Hall–Kier alpha value is -1.04. The molecule has 19 heavy (non-hydrogen) atoms. The van der Waals surface area contributed by atoms with E-state index in [4.69, 9.17) is 16.9 Å². The molecule has 2 nitrogen and oxygen atoms in total. The fraction of sp³-hybridized carbons (Fsp3) is 0.562. The second-order valence-electron chi connectivity index (χ2n) is 5.61. The summed E-state index contributed by atoms with van der Waals surface area (Å²) in [5, 5.41) is 13.1. The Bertz CT molecular complexity index is 464. The summed E-state index contributed by atoms with van der Waals surface area (Å²) in [7, 11) is 0. The summed E-state index contributed by atoms with van der Waals surface area (Å²) in [4.78, 5) is 0. The van der Waals surface area contributed by atoms with Crippen LogP contribution in [-0.4, -0.2) is 6.04 Å². The van der Waals surface area contributed by atoms with E-state index in [0.717, 1.165) is 18.0 Å². The van der Waals surface area contributed by atoms with Crippen LogP contribution >= 0.6 is 11.6 Å². The van der Waals surface area contributed by atoms with Gasteiger partial charge in [0, 0.05) is 17.6 Å². The zero-order valence-corrected chi connectivity index (χ0v) is 12.2. The van der Waals surface area contributed by atoms with Crippen LogP contribution in [0.3, 0.4) is 0 Å². The van der Waals surface area contributed by atoms with Gasteiger partial charge in [0.1, 0.15) is 0 Å². The van der Waals surface area contributed by atoms with Gasteiger partial charge in [0.2, 0.25) is 0 Å². The smallest absolute Gasteiger partial charge is 0.0992 e. The van der Waals surface area contributed by atoms with Gasteiger partial charge in [0.25, 0.3) is 0 Å². The predicted octanol–water partition coefficient (Wildman–Crippen LogP) is 4.27. The normalized spacial score (nSPS) is 23.6. The molecule has 1 N–H and O–H groups in total. The zero-order chi connectivity index (χ0) is 13.7. The Morgan fingerprint density at radius 2 is 2.16 bits per heavy atom. The molecule has 1 aromatic rings. The summed E-state index contributed by atoms with van der Waals surface area (Å²) in [6.45, 7) is 3.14. The van der Waals surface area contributed by atoms with Crippen molar-refractivity contribution in [2.45, 2.75) is 51.6 Å². The van der Waals surface area contributed by atoms with Crippen molar-refractivity contribution in [1.82, 2.24) is 5.32 Å². The molecule has 0 spiro atoms. The third-order valence-corrected chi connectivity index (χ3v) is 4.37. The fourth-order valence-electron chi connectivity index (χ4n) is 2.71. The van der Waals surface area contributed by atoms with Gasteiger partial charge < -0.3 is 5.32 Å². The zero-order valence-electron chi connectivity index (χ0n) is 11.5. The summed E-state index contributed by atoms with van der Waals surface area (Å²) in [5.41, 5.74) is 1.70. The maximum absolute atomic E-state index is 8.82. The number of hydrogen-bond donors (Lipinski definition) is 1. The average molecular weight is 277 g/mol. The highest BCUT2D eigenvalue weighted by Crippen LogP contribution is 2.23. The topological polar surface area (TPSA) is 35.8 Å². The number of nitrogens with one attached hydrogen (secondary N) is 1. The molecule has 0 aliphatic heterocycles. The van der Waals surface area contributed by atoms with Gasteiger partial charge in [-0.15, -0.1) is 0 Å². The average Bonchev–Trinajstić information content (AvgIpc) is 2.62. The van der Waals surface area contributed by atoms with Crippen molar-refractivity contribution in [2.24, 2.45) is 5.92 Å². The fourth-order valence-corrected chi connectivity index (χ4v) is 2.95. The van der Waals surface area contributed by atoms with Gasteiger partial charge in [-0.3, -0.25) is 0 Å². The number of nitrogens with zero attached hydrogens (tertiary/aromatic N) is 1. The highest BCUT2D eigenvalue weighted by molar-refractivity contribution is 6.31. The molecule has 1 saturated carbocycles. The molecule has 0 saturated heterocycles. The standard InChI is InChI=1S/C16H21ClN2/c1-12-3-2-4-15(8-5-12)19-11-14-7-6-13(10-18)9-16(14)17/h6-7,9,12,15,19H,2-5,8,11H2,1H3. The minimum absolute atomic E-state index is 0.608. The van der Waals surface area contributed by atoms with E-state index < -0.39 is 0 Å². The maximum Gasteiger partial charge on any atom is 0.0992 e. The molecular weight excluding hydrogens is 256 g/mol. The number of hydrogen-bond acceptors (Lipinski definition) is 2. The molecule has 1 aromatic carbocycles. The molecule has 3 heteroatoms. The van der Waals surface area contributed by atoms with Crippen LogP contribution in [-0.2, 0) is 6.54 Å². The van der Waals surface area contributed by atoms with Crippen molar-refractivity contribution in [3.63, 3.8) is 0 Å². The minimum Gasteiger partial charge on any atom is -0.310 e. The first-order valence-corrected chi connectivity index (χ1v) is 7.48. The number of benzene rings is 1. The Kier molecular flexibility index (Phi) is 5.24. The van der Waals surface area contributed by atoms with E-state index in [1.165, 1.54) is 32.1 Å². The first-order chi connectivity index (χ1) is 9.19. The van der Waals surface area contributed by atoms with Crippen molar-refractivity contribution in [3.8, 4) is 6.07 Å². The van der Waals surface area contributed by atoms with E-state index in [1.807, 2.05) is 12.1 Å². The van der Waals surface area contributed by atoms with Crippen LogP contribution < -0.4 is 5.32 Å². The maximum atomic E-state index is 8.82. The van der Waals surface area contributed by atoms with Crippen molar-refractivity contribution < 1.29 is 0 Å². The van der Waals surface area contributed by atoms with Crippen LogP contribution in [0.15, 0.2) is 18.2 Å². The molecular formula is C16H21ClN2. The molecule has 1 aliphatic rings. The lowest BCUT2D eigenvalue weighted by Crippen LogP contribution is -2.28. The summed E-state index contributed by atoms with van der Waals surface area (Å²) >= 11 is 6.19. The quantitative estimate of drug-likeness (QED) is 0.837. The third kappa shape index (κ3) is 4.23. The molecule has 0 aromatic heterocycles. The molecule has 2 atom stereocenters. The molecule has 0 heterocycles. The van der Waals surface area contributed by atoms with Crippen molar-refractivity contribution in [1.29, 1.82) is 5.26 Å². The summed E-state index contributed by atoms with van der Waals surface area (Å²) in [6.07, 6.45) is 6.52. The molecule has 2 unspecified atom stereocenters. The molecule has 0 radical (unpaired) electrons. The van der Waals surface area contributed by atoms with Crippen molar-refractivity contribution in [2.75, 3.05) is 0 Å². The third-order valence-electron chi connectivity index (χ3n) is 4.02. The van der Waals surface area contributed by atoms with Gasteiger partial charge >= 0.3 is 0 Å². The molecule has 0 bridgehead atoms. The van der Waals surface area contributed by atoms with Gasteiger partial charge in [-0.1, -0.05) is 37.4 Å². The van der Waals surface area contributed by atoms with Gasteiger partial charge in [-0.2, -0.15) is 5.26 Å². The molecule has 102 valence electrons. The minimum atomic E-state index is 0.608. The monoisotopic (exact) mass is 276 g/mol. The van der Waals surface area contributed by atoms with Crippen molar-refractivity contribution >= 4 is 11.6 Å². The van der Waals surface area contributed by atoms with E-state index in [9.17, 15) is 0 Å². The lowest BCUT2D eigenvalue weighted by molar-refractivity contribution is 0.447. The second-order valence-corrected chi connectivity index (χ2v) is 6.02. The largest absolute Gasteiger partial charge is 0.310 e. The molecule has 0 amide bonds. The molecule has 2 rings (SSSR count). The highest BCUT2D eigenvalue weighted by Gasteiger charge is 2.15.